The first-order chi connectivity index (χ1) is 9.77. The fourth-order valence-electron chi connectivity index (χ4n) is 2.13. The summed E-state index contributed by atoms with van der Waals surface area (Å²) in [6.07, 6.45) is 0. The van der Waals surface area contributed by atoms with Gasteiger partial charge in [0.2, 0.25) is 0 Å². The van der Waals surface area contributed by atoms with Crippen molar-refractivity contribution in [2.75, 3.05) is 0 Å². The summed E-state index contributed by atoms with van der Waals surface area (Å²) in [4.78, 5) is 0.158. The van der Waals surface area contributed by atoms with Crippen LogP contribution in [0.1, 0.15) is 16.7 Å². The summed E-state index contributed by atoms with van der Waals surface area (Å²) in [5.41, 5.74) is 2.23. The van der Waals surface area contributed by atoms with Gasteiger partial charge in [0.1, 0.15) is 12.4 Å². The number of aryl methyl sites for hydroxylation is 2. The molecule has 0 bridgehead atoms. The van der Waals surface area contributed by atoms with E-state index in [0.29, 0.717) is 23.5 Å². The van der Waals surface area contributed by atoms with Crippen LogP contribution in [0, 0.1) is 17.4 Å². The molecule has 0 spiro atoms. The van der Waals surface area contributed by atoms with E-state index < -0.39 is 9.05 Å². The molecule has 2 aromatic rings. The molecule has 2 rings (SSSR count). The highest BCUT2D eigenvalue weighted by Crippen LogP contribution is 2.28. The molecule has 0 radical (unpaired) electrons. The maximum atomic E-state index is 11.5. The van der Waals surface area contributed by atoms with Crippen molar-refractivity contribution in [3.63, 3.8) is 0 Å². The van der Waals surface area contributed by atoms with Gasteiger partial charge in [0.05, 0.1) is 4.90 Å². The fourth-order valence-corrected chi connectivity index (χ4v) is 4.10. The molecule has 0 aliphatic carbocycles. The number of benzene rings is 2. The molecule has 0 atom stereocenters. The number of hydrogen-bond acceptors (Lipinski definition) is 3. The van der Waals surface area contributed by atoms with Gasteiger partial charge in [0.15, 0.2) is 0 Å². The van der Waals surface area contributed by atoms with Crippen molar-refractivity contribution in [2.24, 2.45) is 0 Å². The predicted octanol–water partition coefficient (Wildman–Crippen LogP) is 4.41. The normalized spacial score (nSPS) is 11.4. The van der Waals surface area contributed by atoms with E-state index in [1.165, 1.54) is 3.57 Å². The maximum Gasteiger partial charge on any atom is 0.261 e. The molecule has 0 fully saturated rings. The highest BCUT2D eigenvalue weighted by atomic mass is 127. The molecule has 21 heavy (non-hydrogen) atoms. The van der Waals surface area contributed by atoms with Gasteiger partial charge in [0, 0.05) is 14.3 Å². The van der Waals surface area contributed by atoms with Crippen LogP contribution >= 0.6 is 33.3 Å². The lowest BCUT2D eigenvalue weighted by molar-refractivity contribution is 0.305. The zero-order valence-corrected chi connectivity index (χ0v) is 15.3. The molecule has 0 N–H and O–H groups in total. The lowest BCUT2D eigenvalue weighted by Crippen LogP contribution is -2.01. The van der Waals surface area contributed by atoms with E-state index in [1.807, 2.05) is 24.3 Å². The van der Waals surface area contributed by atoms with Crippen molar-refractivity contribution < 1.29 is 13.2 Å². The van der Waals surface area contributed by atoms with Gasteiger partial charge in [0.25, 0.3) is 9.05 Å². The average molecular weight is 437 g/mol. The summed E-state index contributed by atoms with van der Waals surface area (Å²) < 4.78 is 29.9. The first-order valence-electron chi connectivity index (χ1n) is 6.20. The smallest absolute Gasteiger partial charge is 0.261 e. The molecule has 112 valence electrons. The molecule has 6 heteroatoms. The Morgan fingerprint density at radius 3 is 2.10 bits per heavy atom. The molecule has 0 heterocycles. The Balaban J connectivity index is 2.21. The van der Waals surface area contributed by atoms with Crippen LogP contribution in [0.3, 0.4) is 0 Å². The van der Waals surface area contributed by atoms with Crippen molar-refractivity contribution in [1.29, 1.82) is 0 Å². The lowest BCUT2D eigenvalue weighted by Gasteiger charge is -2.11. The van der Waals surface area contributed by atoms with Crippen molar-refractivity contribution in [2.45, 2.75) is 25.3 Å². The molecule has 0 aromatic heterocycles. The largest absolute Gasteiger partial charge is 0.489 e. The van der Waals surface area contributed by atoms with Crippen LogP contribution in [0.15, 0.2) is 41.3 Å². The summed E-state index contributed by atoms with van der Waals surface area (Å²) in [5, 5.41) is 0. The average Bonchev–Trinajstić information content (AvgIpc) is 2.35. The molecule has 0 amide bonds. The topological polar surface area (TPSA) is 43.4 Å². The Hall–Kier alpha value is -0.790. The van der Waals surface area contributed by atoms with Crippen LogP contribution in [0.2, 0.25) is 0 Å². The molecule has 0 aliphatic heterocycles. The second-order valence-corrected chi connectivity index (χ2v) is 8.49. The Bertz CT molecular complexity index is 732. The number of rotatable bonds is 4. The number of halogens is 2. The standard InChI is InChI=1S/C15H14ClIO3S/c1-10-7-14(8-11(2)15(10)21(16,18)19)20-9-12-3-5-13(17)6-4-12/h3-8H,9H2,1-2H3. The first kappa shape index (κ1) is 16.6. The van der Waals surface area contributed by atoms with Crippen LogP contribution in [-0.4, -0.2) is 8.42 Å². The third-order valence-electron chi connectivity index (χ3n) is 3.00. The Labute approximate surface area is 142 Å². The quantitative estimate of drug-likeness (QED) is 0.526. The lowest BCUT2D eigenvalue weighted by atomic mass is 10.1. The van der Waals surface area contributed by atoms with E-state index in [-0.39, 0.29) is 4.90 Å². The third kappa shape index (κ3) is 4.34. The molecule has 0 unspecified atom stereocenters. The zero-order valence-electron chi connectivity index (χ0n) is 11.6. The van der Waals surface area contributed by atoms with Crippen LogP contribution in [0.25, 0.3) is 0 Å². The molecule has 0 aliphatic rings. The van der Waals surface area contributed by atoms with E-state index in [2.05, 4.69) is 22.6 Å². The third-order valence-corrected chi connectivity index (χ3v) is 5.31. The summed E-state index contributed by atoms with van der Waals surface area (Å²) in [5.74, 6) is 0.632. The van der Waals surface area contributed by atoms with E-state index in [0.717, 1.165) is 5.56 Å². The minimum atomic E-state index is -3.74. The predicted molar refractivity (Wildman–Crippen MR) is 92.4 cm³/mol. The number of ether oxygens (including phenoxy) is 1. The summed E-state index contributed by atoms with van der Waals surface area (Å²) in [6.45, 7) is 3.85. The minimum absolute atomic E-state index is 0.158. The van der Waals surface area contributed by atoms with Gasteiger partial charge in [-0.2, -0.15) is 0 Å². The minimum Gasteiger partial charge on any atom is -0.489 e. The Morgan fingerprint density at radius 1 is 1.10 bits per heavy atom. The zero-order chi connectivity index (χ0) is 15.6. The molecule has 2 aromatic carbocycles. The van der Waals surface area contributed by atoms with E-state index in [9.17, 15) is 8.42 Å². The van der Waals surface area contributed by atoms with Crippen molar-refractivity contribution in [3.8, 4) is 5.75 Å². The van der Waals surface area contributed by atoms with E-state index >= 15 is 0 Å². The molecule has 3 nitrogen and oxygen atoms in total. The maximum absolute atomic E-state index is 11.5. The number of hydrogen-bond donors (Lipinski definition) is 0. The van der Waals surface area contributed by atoms with Crippen molar-refractivity contribution in [3.05, 3.63) is 56.7 Å². The van der Waals surface area contributed by atoms with Crippen LogP contribution < -0.4 is 4.74 Å². The summed E-state index contributed by atoms with van der Waals surface area (Å²) in [6, 6.07) is 11.4. The van der Waals surface area contributed by atoms with Gasteiger partial charge >= 0.3 is 0 Å². The summed E-state index contributed by atoms with van der Waals surface area (Å²) >= 11 is 2.25. The van der Waals surface area contributed by atoms with Crippen molar-refractivity contribution in [1.82, 2.24) is 0 Å². The van der Waals surface area contributed by atoms with Gasteiger partial charge in [-0.05, 0) is 77.4 Å². The Kier molecular flexibility index (Phi) is 5.16. The van der Waals surface area contributed by atoms with E-state index in [1.54, 1.807) is 26.0 Å². The second-order valence-electron chi connectivity index (χ2n) is 4.74. The molecular weight excluding hydrogens is 423 g/mol. The Morgan fingerprint density at radius 2 is 1.62 bits per heavy atom. The van der Waals surface area contributed by atoms with Crippen LogP contribution in [0.5, 0.6) is 5.75 Å². The SMILES string of the molecule is Cc1cc(OCc2ccc(I)cc2)cc(C)c1S(=O)(=O)Cl. The van der Waals surface area contributed by atoms with Gasteiger partial charge in [-0.3, -0.25) is 0 Å². The fraction of sp³-hybridized carbons (Fsp3) is 0.200. The molecular formula is C15H14ClIO3S. The highest BCUT2D eigenvalue weighted by molar-refractivity contribution is 14.1. The summed E-state index contributed by atoms with van der Waals surface area (Å²) in [7, 11) is 1.70. The molecule has 0 saturated heterocycles. The van der Waals surface area contributed by atoms with Crippen LogP contribution in [0.4, 0.5) is 0 Å². The van der Waals surface area contributed by atoms with Gasteiger partial charge in [-0.15, -0.1) is 0 Å². The van der Waals surface area contributed by atoms with E-state index in [4.69, 9.17) is 15.4 Å². The van der Waals surface area contributed by atoms with Crippen molar-refractivity contribution >= 4 is 42.3 Å². The molecule has 0 saturated carbocycles. The monoisotopic (exact) mass is 436 g/mol. The van der Waals surface area contributed by atoms with Gasteiger partial charge in [-0.25, -0.2) is 8.42 Å². The highest BCUT2D eigenvalue weighted by Gasteiger charge is 2.17. The van der Waals surface area contributed by atoms with Gasteiger partial charge in [-0.1, -0.05) is 12.1 Å². The van der Waals surface area contributed by atoms with Gasteiger partial charge < -0.3 is 4.74 Å². The first-order valence-corrected chi connectivity index (χ1v) is 9.59. The second kappa shape index (κ2) is 6.54. The van der Waals surface area contributed by atoms with Crippen LogP contribution in [-0.2, 0) is 15.7 Å².